The predicted molar refractivity (Wildman–Crippen MR) is 90.3 cm³/mol. The molecular weight excluding hydrogens is 320 g/mol. The van der Waals surface area contributed by atoms with E-state index in [0.29, 0.717) is 20.0 Å². The average molecular weight is 344 g/mol. The highest BCUT2D eigenvalue weighted by Gasteiger charge is 2.15. The van der Waals surface area contributed by atoms with Gasteiger partial charge in [-0.2, -0.15) is 15.3 Å². The van der Waals surface area contributed by atoms with Crippen LogP contribution in [0.25, 0.3) is 0 Å². The molecule has 0 radical (unpaired) electrons. The van der Waals surface area contributed by atoms with Gasteiger partial charge in [0.2, 0.25) is 0 Å². The summed E-state index contributed by atoms with van der Waals surface area (Å²) < 4.78 is 5.65. The van der Waals surface area contributed by atoms with Gasteiger partial charge in [-0.25, -0.2) is 33.9 Å². The highest BCUT2D eigenvalue weighted by atomic mass is 15.5. The first-order chi connectivity index (χ1) is 11.8. The summed E-state index contributed by atoms with van der Waals surface area (Å²) in [5.41, 5.74) is 0. The summed E-state index contributed by atoms with van der Waals surface area (Å²) in [5, 5.41) is 13.4. The Morgan fingerprint density at radius 1 is 0.560 bits per heavy atom. The summed E-state index contributed by atoms with van der Waals surface area (Å²) in [5.74, 6) is 4.91. The Balaban J connectivity index is 1.85. The fourth-order valence-corrected chi connectivity index (χ4v) is 2.79. The van der Waals surface area contributed by atoms with E-state index in [4.69, 9.17) is 0 Å². The molecule has 0 amide bonds. The molecule has 0 saturated carbocycles. The lowest BCUT2D eigenvalue weighted by atomic mass is 10.6. The van der Waals surface area contributed by atoms with Gasteiger partial charge >= 0.3 is 0 Å². The lowest BCUT2D eigenvalue weighted by Gasteiger charge is -2.23. The summed E-state index contributed by atoms with van der Waals surface area (Å²) in [4.78, 5) is 15.3. The summed E-state index contributed by atoms with van der Waals surface area (Å²) >= 11 is 0. The zero-order valence-electron chi connectivity index (χ0n) is 15.6. The Labute approximate surface area is 146 Å². The van der Waals surface area contributed by atoms with Gasteiger partial charge in [0.1, 0.15) is 34.9 Å². The van der Waals surface area contributed by atoms with Crippen LogP contribution in [0, 0.1) is 41.5 Å². The molecule has 10 heteroatoms. The van der Waals surface area contributed by atoms with Crippen molar-refractivity contribution in [3.05, 3.63) is 34.9 Å². The molecule has 0 saturated heterocycles. The van der Waals surface area contributed by atoms with Gasteiger partial charge in [-0.1, -0.05) is 0 Å². The highest BCUT2D eigenvalue weighted by molar-refractivity contribution is 4.90. The molecule has 0 fully saturated rings. The zero-order chi connectivity index (χ0) is 18.1. The van der Waals surface area contributed by atoms with E-state index < -0.39 is 0 Å². The third kappa shape index (κ3) is 3.90. The molecular formula is C15H24N10. The minimum Gasteiger partial charge on any atom is -0.245 e. The lowest BCUT2D eigenvalue weighted by Crippen LogP contribution is -2.33. The minimum absolute atomic E-state index is 0.573. The minimum atomic E-state index is 0.573. The molecule has 0 aliphatic rings. The third-order valence-electron chi connectivity index (χ3n) is 3.89. The van der Waals surface area contributed by atoms with Crippen LogP contribution in [0.3, 0.4) is 0 Å². The van der Waals surface area contributed by atoms with E-state index in [9.17, 15) is 0 Å². The maximum Gasteiger partial charge on any atom is 0.147 e. The standard InChI is InChI=1S/C15H24N10/c1-10-16-13(4)23(19-10)7-22(8-24-14(5)17-11(2)20-24)9-25-15(6)18-12(3)21-25/h7-9H2,1-6H3. The van der Waals surface area contributed by atoms with Crippen molar-refractivity contribution in [3.8, 4) is 0 Å². The van der Waals surface area contributed by atoms with E-state index in [1.807, 2.05) is 55.6 Å². The van der Waals surface area contributed by atoms with Crippen LogP contribution in [-0.4, -0.2) is 49.2 Å². The van der Waals surface area contributed by atoms with Crippen LogP contribution in [0.5, 0.6) is 0 Å². The molecule has 134 valence electrons. The van der Waals surface area contributed by atoms with Gasteiger partial charge in [0.15, 0.2) is 0 Å². The predicted octanol–water partition coefficient (Wildman–Crippen LogP) is 0.887. The van der Waals surface area contributed by atoms with E-state index in [-0.39, 0.29) is 0 Å². The monoisotopic (exact) mass is 344 g/mol. The SMILES string of the molecule is Cc1nc(C)n(CN(Cn2nc(C)nc2C)Cn2nc(C)nc2C)n1. The average Bonchev–Trinajstić information content (AvgIpc) is 3.10. The van der Waals surface area contributed by atoms with Gasteiger partial charge in [-0.3, -0.25) is 0 Å². The fraction of sp³-hybridized carbons (Fsp3) is 0.600. The Morgan fingerprint density at radius 2 is 0.840 bits per heavy atom. The molecule has 3 rings (SSSR count). The molecule has 3 heterocycles. The van der Waals surface area contributed by atoms with Crippen LogP contribution in [0.1, 0.15) is 34.9 Å². The molecule has 25 heavy (non-hydrogen) atoms. The molecule has 3 aromatic heterocycles. The Hall–Kier alpha value is -2.62. The van der Waals surface area contributed by atoms with Crippen molar-refractivity contribution in [2.45, 2.75) is 61.5 Å². The van der Waals surface area contributed by atoms with Crippen LogP contribution < -0.4 is 0 Å². The third-order valence-corrected chi connectivity index (χ3v) is 3.89. The fourth-order valence-electron chi connectivity index (χ4n) is 2.79. The van der Waals surface area contributed by atoms with Gasteiger partial charge in [-0.05, 0) is 41.5 Å². The van der Waals surface area contributed by atoms with Crippen LogP contribution in [0.4, 0.5) is 0 Å². The second-order valence-electron chi connectivity index (χ2n) is 6.21. The van der Waals surface area contributed by atoms with E-state index >= 15 is 0 Å². The summed E-state index contributed by atoms with van der Waals surface area (Å²) in [6, 6.07) is 0. The van der Waals surface area contributed by atoms with Crippen LogP contribution in [-0.2, 0) is 20.0 Å². The van der Waals surface area contributed by atoms with Gasteiger partial charge in [0.25, 0.3) is 0 Å². The molecule has 10 nitrogen and oxygen atoms in total. The van der Waals surface area contributed by atoms with Gasteiger partial charge in [-0.15, -0.1) is 0 Å². The number of hydrogen-bond donors (Lipinski definition) is 0. The Bertz CT molecular complexity index is 756. The number of hydrogen-bond acceptors (Lipinski definition) is 7. The maximum atomic E-state index is 4.46. The van der Waals surface area contributed by atoms with Gasteiger partial charge in [0.05, 0.1) is 20.0 Å². The first-order valence-electron chi connectivity index (χ1n) is 8.18. The van der Waals surface area contributed by atoms with Crippen molar-refractivity contribution in [1.29, 1.82) is 0 Å². The second-order valence-corrected chi connectivity index (χ2v) is 6.21. The number of aromatic nitrogens is 9. The second kappa shape index (κ2) is 6.71. The van der Waals surface area contributed by atoms with Crippen molar-refractivity contribution < 1.29 is 0 Å². The van der Waals surface area contributed by atoms with E-state index in [0.717, 1.165) is 34.9 Å². The van der Waals surface area contributed by atoms with Crippen molar-refractivity contribution in [3.63, 3.8) is 0 Å². The molecule has 0 unspecified atom stereocenters. The van der Waals surface area contributed by atoms with Gasteiger partial charge < -0.3 is 0 Å². The summed E-state index contributed by atoms with van der Waals surface area (Å²) in [6.07, 6.45) is 0. The first-order valence-corrected chi connectivity index (χ1v) is 8.18. The molecule has 3 aromatic rings. The number of aryl methyl sites for hydroxylation is 6. The normalized spacial score (nSPS) is 11.6. The van der Waals surface area contributed by atoms with E-state index in [1.54, 1.807) is 0 Å². The lowest BCUT2D eigenvalue weighted by molar-refractivity contribution is 0.102. The van der Waals surface area contributed by atoms with E-state index in [2.05, 4.69) is 35.1 Å². The number of nitrogens with zero attached hydrogens (tertiary/aromatic N) is 10. The van der Waals surface area contributed by atoms with Crippen LogP contribution >= 0.6 is 0 Å². The molecule has 0 bridgehead atoms. The first kappa shape index (κ1) is 17.2. The van der Waals surface area contributed by atoms with Crippen molar-refractivity contribution >= 4 is 0 Å². The summed E-state index contributed by atoms with van der Waals surface area (Å²) in [7, 11) is 0. The van der Waals surface area contributed by atoms with Crippen molar-refractivity contribution in [2.75, 3.05) is 0 Å². The molecule has 0 aliphatic heterocycles. The van der Waals surface area contributed by atoms with Crippen molar-refractivity contribution in [1.82, 2.24) is 49.2 Å². The molecule has 0 aromatic carbocycles. The zero-order valence-corrected chi connectivity index (χ0v) is 15.6. The molecule has 0 N–H and O–H groups in total. The topological polar surface area (TPSA) is 95.4 Å². The molecule has 0 atom stereocenters. The smallest absolute Gasteiger partial charge is 0.147 e. The number of rotatable bonds is 6. The van der Waals surface area contributed by atoms with Crippen molar-refractivity contribution in [2.24, 2.45) is 0 Å². The van der Waals surface area contributed by atoms with Gasteiger partial charge in [0, 0.05) is 0 Å². The summed E-state index contributed by atoms with van der Waals surface area (Å²) in [6.45, 7) is 13.3. The molecule has 0 spiro atoms. The molecule has 0 aliphatic carbocycles. The highest BCUT2D eigenvalue weighted by Crippen LogP contribution is 2.07. The Kier molecular flexibility index (Phi) is 4.62. The van der Waals surface area contributed by atoms with E-state index in [1.165, 1.54) is 0 Å². The van der Waals surface area contributed by atoms with Crippen LogP contribution in [0.2, 0.25) is 0 Å². The quantitative estimate of drug-likeness (QED) is 0.655. The van der Waals surface area contributed by atoms with Crippen LogP contribution in [0.15, 0.2) is 0 Å². The largest absolute Gasteiger partial charge is 0.245 e. The Morgan fingerprint density at radius 3 is 1.04 bits per heavy atom. The maximum absolute atomic E-state index is 4.46.